The standard InChI is InChI=1S/C16H16N6/c1-3-21-12-6-4-5-7-13(12)22(14(21)8-9-17)15-11(2)10-19-16(18)20-15/h4-8,10H,3H2,1-2H3,(H2,18,19,20). The summed E-state index contributed by atoms with van der Waals surface area (Å²) < 4.78 is 0. The van der Waals surface area contributed by atoms with Gasteiger partial charge in [0.15, 0.2) is 0 Å². The van der Waals surface area contributed by atoms with E-state index in [1.54, 1.807) is 6.20 Å². The highest BCUT2D eigenvalue weighted by atomic mass is 15.4. The molecule has 110 valence electrons. The van der Waals surface area contributed by atoms with Crippen LogP contribution in [0.3, 0.4) is 0 Å². The van der Waals surface area contributed by atoms with Crippen LogP contribution >= 0.6 is 0 Å². The first-order valence-corrected chi connectivity index (χ1v) is 7.03. The summed E-state index contributed by atoms with van der Waals surface area (Å²) >= 11 is 0. The summed E-state index contributed by atoms with van der Waals surface area (Å²) in [5.41, 5.74) is 8.67. The lowest BCUT2D eigenvalue weighted by Crippen LogP contribution is -2.26. The van der Waals surface area contributed by atoms with Crippen molar-refractivity contribution >= 4 is 23.1 Å². The largest absolute Gasteiger partial charge is 0.368 e. The van der Waals surface area contributed by atoms with Crippen molar-refractivity contribution in [1.82, 2.24) is 9.97 Å². The zero-order chi connectivity index (χ0) is 15.7. The van der Waals surface area contributed by atoms with Crippen molar-refractivity contribution in [3.8, 4) is 6.07 Å². The maximum absolute atomic E-state index is 9.17. The minimum absolute atomic E-state index is 0.212. The highest BCUT2D eigenvalue weighted by Crippen LogP contribution is 2.45. The zero-order valence-electron chi connectivity index (χ0n) is 12.5. The second-order valence-electron chi connectivity index (χ2n) is 4.93. The van der Waals surface area contributed by atoms with Gasteiger partial charge in [0.25, 0.3) is 0 Å². The van der Waals surface area contributed by atoms with Gasteiger partial charge in [0, 0.05) is 18.3 Å². The van der Waals surface area contributed by atoms with Crippen LogP contribution in [0.1, 0.15) is 12.5 Å². The zero-order valence-corrected chi connectivity index (χ0v) is 12.5. The van der Waals surface area contributed by atoms with Crippen LogP contribution in [0.2, 0.25) is 0 Å². The average Bonchev–Trinajstić information content (AvgIpc) is 2.83. The highest BCUT2D eigenvalue weighted by molar-refractivity contribution is 5.88. The number of nitrogen functional groups attached to an aromatic ring is 1. The number of nitrogens with two attached hydrogens (primary N) is 1. The molecule has 6 nitrogen and oxygen atoms in total. The Morgan fingerprint density at radius 1 is 1.32 bits per heavy atom. The third-order valence-corrected chi connectivity index (χ3v) is 3.60. The summed E-state index contributed by atoms with van der Waals surface area (Å²) in [7, 11) is 0. The van der Waals surface area contributed by atoms with Gasteiger partial charge in [-0.3, -0.25) is 4.90 Å². The quantitative estimate of drug-likeness (QED) is 0.857. The fourth-order valence-electron chi connectivity index (χ4n) is 2.68. The second kappa shape index (κ2) is 5.37. The molecular formula is C16H16N6. The number of rotatable bonds is 2. The molecule has 1 aromatic carbocycles. The molecular weight excluding hydrogens is 276 g/mol. The minimum Gasteiger partial charge on any atom is -0.368 e. The third-order valence-electron chi connectivity index (χ3n) is 3.60. The molecule has 0 amide bonds. The normalized spacial score (nSPS) is 15.0. The van der Waals surface area contributed by atoms with Gasteiger partial charge in [0.1, 0.15) is 11.6 Å². The number of nitrogens with zero attached hydrogens (tertiary/aromatic N) is 5. The van der Waals surface area contributed by atoms with Crippen LogP contribution in [0.15, 0.2) is 42.4 Å². The van der Waals surface area contributed by atoms with Gasteiger partial charge in [-0.15, -0.1) is 0 Å². The van der Waals surface area contributed by atoms with Crippen LogP contribution in [0.5, 0.6) is 0 Å². The van der Waals surface area contributed by atoms with E-state index in [2.05, 4.69) is 20.9 Å². The topological polar surface area (TPSA) is 82.1 Å². The molecule has 0 atom stereocenters. The molecule has 0 saturated heterocycles. The summed E-state index contributed by atoms with van der Waals surface area (Å²) in [6.07, 6.45) is 3.22. The van der Waals surface area contributed by atoms with Crippen molar-refractivity contribution in [2.45, 2.75) is 13.8 Å². The molecule has 0 saturated carbocycles. The molecule has 22 heavy (non-hydrogen) atoms. The molecule has 2 heterocycles. The van der Waals surface area contributed by atoms with Crippen molar-refractivity contribution in [2.75, 3.05) is 22.1 Å². The molecule has 0 fully saturated rings. The minimum atomic E-state index is 0.212. The van der Waals surface area contributed by atoms with E-state index in [4.69, 9.17) is 5.73 Å². The van der Waals surface area contributed by atoms with E-state index in [1.165, 1.54) is 6.08 Å². The fraction of sp³-hybridized carbons (Fsp3) is 0.188. The first-order valence-electron chi connectivity index (χ1n) is 7.03. The number of para-hydroxylation sites is 2. The van der Waals surface area contributed by atoms with Crippen molar-refractivity contribution in [3.63, 3.8) is 0 Å². The molecule has 1 aliphatic heterocycles. The van der Waals surface area contributed by atoms with Crippen LogP contribution in [0, 0.1) is 18.3 Å². The van der Waals surface area contributed by atoms with Crippen molar-refractivity contribution in [2.24, 2.45) is 0 Å². The van der Waals surface area contributed by atoms with Crippen LogP contribution in [-0.2, 0) is 0 Å². The molecule has 0 unspecified atom stereocenters. The number of benzene rings is 1. The van der Waals surface area contributed by atoms with Crippen molar-refractivity contribution in [3.05, 3.63) is 47.9 Å². The lowest BCUT2D eigenvalue weighted by Gasteiger charge is -2.24. The lowest BCUT2D eigenvalue weighted by atomic mass is 10.2. The number of fused-ring (bicyclic) bond motifs is 1. The van der Waals surface area contributed by atoms with E-state index in [-0.39, 0.29) is 5.95 Å². The first kappa shape index (κ1) is 13.9. The monoisotopic (exact) mass is 292 g/mol. The highest BCUT2D eigenvalue weighted by Gasteiger charge is 2.32. The summed E-state index contributed by atoms with van der Waals surface area (Å²) in [4.78, 5) is 12.4. The van der Waals surface area contributed by atoms with Gasteiger partial charge in [-0.2, -0.15) is 10.2 Å². The lowest BCUT2D eigenvalue weighted by molar-refractivity contribution is 0.949. The van der Waals surface area contributed by atoms with Gasteiger partial charge in [-0.1, -0.05) is 12.1 Å². The molecule has 2 aromatic rings. The van der Waals surface area contributed by atoms with Gasteiger partial charge in [-0.25, -0.2) is 4.98 Å². The Hall–Kier alpha value is -3.07. The fourth-order valence-corrected chi connectivity index (χ4v) is 2.68. The molecule has 6 heteroatoms. The van der Waals surface area contributed by atoms with E-state index in [0.29, 0.717) is 5.82 Å². The molecule has 0 bridgehead atoms. The smallest absolute Gasteiger partial charge is 0.221 e. The number of aromatic nitrogens is 2. The van der Waals surface area contributed by atoms with Gasteiger partial charge >= 0.3 is 0 Å². The summed E-state index contributed by atoms with van der Waals surface area (Å²) in [6.45, 7) is 4.73. The SMILES string of the molecule is CCN1C(=CC#N)N(c2nc(N)ncc2C)c2ccccc21. The molecule has 0 spiro atoms. The Morgan fingerprint density at radius 2 is 2.05 bits per heavy atom. The van der Waals surface area contributed by atoms with E-state index in [1.807, 2.05) is 43.0 Å². The average molecular weight is 292 g/mol. The number of aryl methyl sites for hydroxylation is 1. The molecule has 1 aliphatic rings. The number of allylic oxidation sites excluding steroid dienone is 1. The van der Waals surface area contributed by atoms with Gasteiger partial charge in [-0.05, 0) is 26.0 Å². The Bertz CT molecular complexity index is 789. The Balaban J connectivity index is 2.26. The third kappa shape index (κ3) is 2.04. The predicted octanol–water partition coefficient (Wildman–Crippen LogP) is 2.71. The maximum Gasteiger partial charge on any atom is 0.221 e. The van der Waals surface area contributed by atoms with Gasteiger partial charge < -0.3 is 10.6 Å². The van der Waals surface area contributed by atoms with E-state index < -0.39 is 0 Å². The summed E-state index contributed by atoms with van der Waals surface area (Å²) in [5, 5.41) is 9.17. The van der Waals surface area contributed by atoms with E-state index in [9.17, 15) is 5.26 Å². The number of nitriles is 1. The molecule has 0 aliphatic carbocycles. The van der Waals surface area contributed by atoms with Crippen LogP contribution in [0.4, 0.5) is 23.1 Å². The summed E-state index contributed by atoms with van der Waals surface area (Å²) in [6, 6.07) is 10.1. The van der Waals surface area contributed by atoms with Gasteiger partial charge in [0.2, 0.25) is 5.95 Å². The van der Waals surface area contributed by atoms with Crippen LogP contribution < -0.4 is 15.5 Å². The second-order valence-corrected chi connectivity index (χ2v) is 4.93. The number of anilines is 4. The Labute approximate surface area is 129 Å². The molecule has 1 aromatic heterocycles. The Morgan fingerprint density at radius 3 is 2.73 bits per heavy atom. The van der Waals surface area contributed by atoms with E-state index in [0.717, 1.165) is 29.3 Å². The van der Waals surface area contributed by atoms with Crippen molar-refractivity contribution < 1.29 is 0 Å². The molecule has 2 N–H and O–H groups in total. The number of hydrogen-bond donors (Lipinski definition) is 1. The van der Waals surface area contributed by atoms with E-state index >= 15 is 0 Å². The number of hydrogen-bond acceptors (Lipinski definition) is 6. The Kier molecular flexibility index (Phi) is 3.39. The maximum atomic E-state index is 9.17. The van der Waals surface area contributed by atoms with Crippen LogP contribution in [-0.4, -0.2) is 16.5 Å². The predicted molar refractivity (Wildman–Crippen MR) is 86.5 cm³/mol. The van der Waals surface area contributed by atoms with Crippen LogP contribution in [0.25, 0.3) is 0 Å². The van der Waals surface area contributed by atoms with Crippen molar-refractivity contribution in [1.29, 1.82) is 5.26 Å². The molecule has 0 radical (unpaired) electrons. The van der Waals surface area contributed by atoms with Gasteiger partial charge in [0.05, 0.1) is 23.5 Å². The first-order chi connectivity index (χ1) is 10.7. The molecule has 3 rings (SSSR count). The summed E-state index contributed by atoms with van der Waals surface area (Å²) in [5.74, 6) is 1.68.